The predicted molar refractivity (Wildman–Crippen MR) is 87.3 cm³/mol. The molecule has 3 rings (SSSR count). The first kappa shape index (κ1) is 17.8. The Morgan fingerprint density at radius 2 is 1.81 bits per heavy atom. The van der Waals surface area contributed by atoms with E-state index in [1.54, 1.807) is 0 Å². The molecule has 0 bridgehead atoms. The summed E-state index contributed by atoms with van der Waals surface area (Å²) in [7, 11) is 0. The summed E-state index contributed by atoms with van der Waals surface area (Å²) in [6.45, 7) is 1.39. The minimum Gasteiger partial charge on any atom is -0.478 e. The average Bonchev–Trinajstić information content (AvgIpc) is 2.53. The van der Waals surface area contributed by atoms with Gasteiger partial charge in [0.2, 0.25) is 0 Å². The van der Waals surface area contributed by atoms with E-state index in [4.69, 9.17) is 11.6 Å². The largest absolute Gasteiger partial charge is 0.478 e. The van der Waals surface area contributed by atoms with Crippen molar-refractivity contribution in [3.63, 3.8) is 0 Å². The van der Waals surface area contributed by atoms with E-state index in [1.807, 2.05) is 0 Å². The maximum atomic E-state index is 14.0. The molecule has 3 aromatic rings. The van der Waals surface area contributed by atoms with Crippen molar-refractivity contribution in [1.29, 1.82) is 0 Å². The number of aryl methyl sites for hydroxylation is 1. The van der Waals surface area contributed by atoms with Gasteiger partial charge in [-0.3, -0.25) is 0 Å². The Kier molecular flexibility index (Phi) is 4.60. The van der Waals surface area contributed by atoms with E-state index in [9.17, 15) is 23.1 Å². The zero-order valence-corrected chi connectivity index (χ0v) is 13.9. The summed E-state index contributed by atoms with van der Waals surface area (Å²) in [6.07, 6.45) is 0.784. The number of nitrogens with zero attached hydrogens (tertiary/aromatic N) is 3. The molecule has 0 amide bonds. The van der Waals surface area contributed by atoms with Crippen molar-refractivity contribution in [2.75, 3.05) is 0 Å². The monoisotopic (exact) mass is 379 g/mol. The quantitative estimate of drug-likeness (QED) is 0.735. The molecule has 1 N–H and O–H groups in total. The highest BCUT2D eigenvalue weighted by Crippen LogP contribution is 2.32. The third kappa shape index (κ3) is 3.23. The molecule has 2 aromatic heterocycles. The second-order valence-electron chi connectivity index (χ2n) is 5.27. The van der Waals surface area contributed by atoms with Crippen LogP contribution < -0.4 is 0 Å². The molecule has 5 nitrogen and oxygen atoms in total. The summed E-state index contributed by atoms with van der Waals surface area (Å²) >= 11 is 6.01. The third-order valence-electron chi connectivity index (χ3n) is 3.51. The highest BCUT2D eigenvalue weighted by Gasteiger charge is 2.23. The van der Waals surface area contributed by atoms with Gasteiger partial charge >= 0.3 is 5.97 Å². The van der Waals surface area contributed by atoms with Gasteiger partial charge in [-0.1, -0.05) is 11.6 Å². The Morgan fingerprint density at radius 3 is 2.42 bits per heavy atom. The molecular formula is C17H9ClF3N3O2. The number of carboxylic acids is 1. The van der Waals surface area contributed by atoms with Gasteiger partial charge in [0.15, 0.2) is 11.6 Å². The standard InChI is InChI=1S/C17H9ClF3N3O2/c1-7-13(17(25)26)14(10-3-2-8(19)4-11(10)18)24-16(23-7)15-12(21)5-9(20)6-22-15/h2-6H,1H3,(H,25,26). The molecule has 26 heavy (non-hydrogen) atoms. The average molecular weight is 380 g/mol. The fourth-order valence-electron chi connectivity index (χ4n) is 2.39. The summed E-state index contributed by atoms with van der Waals surface area (Å²) in [5, 5.41) is 9.39. The first-order valence-electron chi connectivity index (χ1n) is 7.16. The zero-order chi connectivity index (χ0) is 19.0. The number of hydrogen-bond acceptors (Lipinski definition) is 4. The van der Waals surface area contributed by atoms with Crippen molar-refractivity contribution in [3.8, 4) is 22.8 Å². The topological polar surface area (TPSA) is 76.0 Å². The van der Waals surface area contributed by atoms with Crippen molar-refractivity contribution in [1.82, 2.24) is 15.0 Å². The lowest BCUT2D eigenvalue weighted by Crippen LogP contribution is -2.10. The van der Waals surface area contributed by atoms with Gasteiger partial charge in [-0.05, 0) is 25.1 Å². The Morgan fingerprint density at radius 1 is 1.08 bits per heavy atom. The predicted octanol–water partition coefficient (Wildman–Crippen LogP) is 4.28. The van der Waals surface area contributed by atoms with Crippen molar-refractivity contribution in [2.24, 2.45) is 0 Å². The van der Waals surface area contributed by atoms with Crippen molar-refractivity contribution < 1.29 is 23.1 Å². The lowest BCUT2D eigenvalue weighted by atomic mass is 10.0. The molecule has 0 aliphatic rings. The van der Waals surface area contributed by atoms with Gasteiger partial charge in [0.05, 0.1) is 22.6 Å². The number of hydrogen-bond donors (Lipinski definition) is 1. The SMILES string of the molecule is Cc1nc(-c2ncc(F)cc2F)nc(-c2ccc(F)cc2Cl)c1C(=O)O. The van der Waals surface area contributed by atoms with E-state index < -0.39 is 23.4 Å². The number of carboxylic acid groups (broad SMARTS) is 1. The van der Waals surface area contributed by atoms with Crippen LogP contribution in [0.3, 0.4) is 0 Å². The van der Waals surface area contributed by atoms with Crippen LogP contribution in [0.4, 0.5) is 13.2 Å². The molecule has 0 saturated heterocycles. The van der Waals surface area contributed by atoms with Gasteiger partial charge in [-0.2, -0.15) is 0 Å². The number of halogens is 4. The molecule has 0 radical (unpaired) electrons. The minimum absolute atomic E-state index is 0.0171. The third-order valence-corrected chi connectivity index (χ3v) is 3.82. The van der Waals surface area contributed by atoms with Gasteiger partial charge in [-0.15, -0.1) is 0 Å². The van der Waals surface area contributed by atoms with E-state index in [1.165, 1.54) is 13.0 Å². The smallest absolute Gasteiger partial charge is 0.339 e. The number of pyridine rings is 1. The number of aromatic carboxylic acids is 1. The Labute approximate surface area is 150 Å². The lowest BCUT2D eigenvalue weighted by molar-refractivity contribution is 0.0696. The minimum atomic E-state index is -1.34. The fourth-order valence-corrected chi connectivity index (χ4v) is 2.65. The molecule has 0 unspecified atom stereocenters. The van der Waals surface area contributed by atoms with Gasteiger partial charge in [0, 0.05) is 11.6 Å². The first-order valence-corrected chi connectivity index (χ1v) is 7.54. The second-order valence-corrected chi connectivity index (χ2v) is 5.68. The first-order chi connectivity index (χ1) is 12.3. The van der Waals surface area contributed by atoms with Crippen LogP contribution in [0.2, 0.25) is 5.02 Å². The zero-order valence-electron chi connectivity index (χ0n) is 13.1. The highest BCUT2D eigenvalue weighted by molar-refractivity contribution is 6.33. The molecule has 0 fully saturated rings. The molecule has 1 aromatic carbocycles. The van der Waals surface area contributed by atoms with Gasteiger partial charge in [-0.25, -0.2) is 32.9 Å². The van der Waals surface area contributed by atoms with Crippen LogP contribution >= 0.6 is 11.6 Å². The Hall–Kier alpha value is -3.00. The van der Waals surface area contributed by atoms with Crippen LogP contribution in [0.25, 0.3) is 22.8 Å². The molecule has 0 aliphatic heterocycles. The van der Waals surface area contributed by atoms with Crippen molar-refractivity contribution in [2.45, 2.75) is 6.92 Å². The molecule has 0 spiro atoms. The molecule has 0 saturated carbocycles. The van der Waals surface area contributed by atoms with Crippen LogP contribution in [0.15, 0.2) is 30.5 Å². The summed E-state index contributed by atoms with van der Waals surface area (Å²) in [6, 6.07) is 3.94. The maximum Gasteiger partial charge on any atom is 0.339 e. The molecular weight excluding hydrogens is 371 g/mol. The van der Waals surface area contributed by atoms with Crippen LogP contribution in [0, 0.1) is 24.4 Å². The van der Waals surface area contributed by atoms with Gasteiger partial charge in [0.25, 0.3) is 0 Å². The normalized spacial score (nSPS) is 10.8. The van der Waals surface area contributed by atoms with Crippen LogP contribution in [0.1, 0.15) is 16.1 Å². The van der Waals surface area contributed by atoms with E-state index in [2.05, 4.69) is 15.0 Å². The van der Waals surface area contributed by atoms with Gasteiger partial charge in [0.1, 0.15) is 22.9 Å². The summed E-state index contributed by atoms with van der Waals surface area (Å²) in [4.78, 5) is 23.2. The summed E-state index contributed by atoms with van der Waals surface area (Å²) in [5.41, 5.74) is -0.616. The van der Waals surface area contributed by atoms with E-state index in [-0.39, 0.29) is 39.1 Å². The van der Waals surface area contributed by atoms with Crippen LogP contribution in [-0.4, -0.2) is 26.0 Å². The molecule has 132 valence electrons. The maximum absolute atomic E-state index is 14.0. The molecule has 0 atom stereocenters. The lowest BCUT2D eigenvalue weighted by Gasteiger charge is -2.12. The van der Waals surface area contributed by atoms with Crippen molar-refractivity contribution >= 4 is 17.6 Å². The van der Waals surface area contributed by atoms with Crippen molar-refractivity contribution in [3.05, 3.63) is 64.2 Å². The van der Waals surface area contributed by atoms with E-state index in [0.29, 0.717) is 6.07 Å². The number of carbonyl (C=O) groups is 1. The number of aromatic nitrogens is 3. The Bertz CT molecular complexity index is 1040. The van der Waals surface area contributed by atoms with E-state index >= 15 is 0 Å². The number of benzene rings is 1. The summed E-state index contributed by atoms with van der Waals surface area (Å²) < 4.78 is 40.4. The second kappa shape index (κ2) is 6.72. The highest BCUT2D eigenvalue weighted by atomic mass is 35.5. The van der Waals surface area contributed by atoms with Gasteiger partial charge < -0.3 is 5.11 Å². The van der Waals surface area contributed by atoms with Crippen LogP contribution in [0.5, 0.6) is 0 Å². The summed E-state index contributed by atoms with van der Waals surface area (Å²) in [5.74, 6) is -4.10. The Balaban J connectivity index is 2.31. The van der Waals surface area contributed by atoms with E-state index in [0.717, 1.165) is 18.3 Å². The fraction of sp³-hybridized carbons (Fsp3) is 0.0588. The van der Waals surface area contributed by atoms with Crippen LogP contribution in [-0.2, 0) is 0 Å². The molecule has 9 heteroatoms. The number of rotatable bonds is 3. The molecule has 0 aliphatic carbocycles. The molecule has 2 heterocycles.